The van der Waals surface area contributed by atoms with Crippen LogP contribution in [0, 0.1) is 11.8 Å². The lowest BCUT2D eigenvalue weighted by molar-refractivity contribution is -0.119. The van der Waals surface area contributed by atoms with E-state index < -0.39 is 21.8 Å². The SMILES string of the molecule is CC(C)CNC(=O)c1ccc(N2C(=O)[C@H](C)CS2(=O)=O)cc1. The fourth-order valence-electron chi connectivity index (χ4n) is 2.23. The molecular formula is C15H20N2O4S. The summed E-state index contributed by atoms with van der Waals surface area (Å²) in [5.41, 5.74) is 0.705. The molecule has 0 bridgehead atoms. The second-order valence-corrected chi connectivity index (χ2v) is 7.80. The second kappa shape index (κ2) is 6.08. The van der Waals surface area contributed by atoms with E-state index in [0.29, 0.717) is 18.0 Å². The fourth-order valence-corrected chi connectivity index (χ4v) is 4.05. The molecule has 1 aromatic carbocycles. The molecule has 1 aliphatic heterocycles. The van der Waals surface area contributed by atoms with E-state index in [1.807, 2.05) is 13.8 Å². The summed E-state index contributed by atoms with van der Waals surface area (Å²) < 4.78 is 24.8. The predicted octanol–water partition coefficient (Wildman–Crippen LogP) is 1.38. The third-order valence-corrected chi connectivity index (χ3v) is 5.26. The van der Waals surface area contributed by atoms with Crippen LogP contribution < -0.4 is 9.62 Å². The lowest BCUT2D eigenvalue weighted by Crippen LogP contribution is -2.30. The number of nitrogens with one attached hydrogen (secondary N) is 1. The van der Waals surface area contributed by atoms with Crippen LogP contribution in [0.3, 0.4) is 0 Å². The fraction of sp³-hybridized carbons (Fsp3) is 0.467. The third kappa shape index (κ3) is 3.30. The van der Waals surface area contributed by atoms with Crippen molar-refractivity contribution in [2.24, 2.45) is 11.8 Å². The first-order chi connectivity index (χ1) is 10.2. The maximum absolute atomic E-state index is 12.0. The van der Waals surface area contributed by atoms with Gasteiger partial charge in [-0.3, -0.25) is 9.59 Å². The second-order valence-electron chi connectivity index (χ2n) is 5.93. The Morgan fingerprint density at radius 1 is 1.32 bits per heavy atom. The molecule has 120 valence electrons. The minimum absolute atomic E-state index is 0.178. The molecule has 0 unspecified atom stereocenters. The highest BCUT2D eigenvalue weighted by molar-refractivity contribution is 7.94. The number of carbonyl (C=O) groups is 2. The van der Waals surface area contributed by atoms with Crippen LogP contribution in [-0.2, 0) is 14.8 Å². The van der Waals surface area contributed by atoms with Crippen molar-refractivity contribution in [2.45, 2.75) is 20.8 Å². The molecule has 1 fully saturated rings. The van der Waals surface area contributed by atoms with E-state index in [9.17, 15) is 18.0 Å². The van der Waals surface area contributed by atoms with Crippen molar-refractivity contribution in [3.63, 3.8) is 0 Å². The van der Waals surface area contributed by atoms with Gasteiger partial charge in [-0.1, -0.05) is 20.8 Å². The zero-order valence-corrected chi connectivity index (χ0v) is 13.7. The number of sulfonamides is 1. The van der Waals surface area contributed by atoms with Crippen molar-refractivity contribution in [2.75, 3.05) is 16.6 Å². The first-order valence-corrected chi connectivity index (χ1v) is 8.78. The smallest absolute Gasteiger partial charge is 0.251 e. The number of rotatable bonds is 4. The van der Waals surface area contributed by atoms with Crippen LogP contribution in [0.25, 0.3) is 0 Å². The average Bonchev–Trinajstić information content (AvgIpc) is 2.64. The maximum Gasteiger partial charge on any atom is 0.251 e. The summed E-state index contributed by atoms with van der Waals surface area (Å²) in [6, 6.07) is 6.02. The molecule has 1 saturated heterocycles. The van der Waals surface area contributed by atoms with Crippen LogP contribution in [0.15, 0.2) is 24.3 Å². The molecule has 0 aliphatic carbocycles. The molecule has 1 aromatic rings. The van der Waals surface area contributed by atoms with Crippen LogP contribution in [0.4, 0.5) is 5.69 Å². The summed E-state index contributed by atoms with van der Waals surface area (Å²) in [5, 5.41) is 2.78. The standard InChI is InChI=1S/C15H20N2O4S/c1-10(2)8-16-14(18)12-4-6-13(7-5-12)17-15(19)11(3)9-22(17,20)21/h4-7,10-11H,8-9H2,1-3H3,(H,16,18)/t11-/m1/s1. The minimum atomic E-state index is -3.61. The van der Waals surface area contributed by atoms with E-state index in [4.69, 9.17) is 0 Å². The molecule has 1 aliphatic rings. The molecule has 1 N–H and O–H groups in total. The van der Waals surface area contributed by atoms with Crippen LogP contribution in [0.5, 0.6) is 0 Å². The number of benzene rings is 1. The van der Waals surface area contributed by atoms with E-state index in [1.165, 1.54) is 24.3 Å². The molecule has 1 atom stereocenters. The summed E-state index contributed by atoms with van der Waals surface area (Å²) >= 11 is 0. The van der Waals surface area contributed by atoms with Crippen molar-refractivity contribution in [3.05, 3.63) is 29.8 Å². The van der Waals surface area contributed by atoms with Crippen LogP contribution in [0.2, 0.25) is 0 Å². The summed E-state index contributed by atoms with van der Waals surface area (Å²) in [6.07, 6.45) is 0. The number of nitrogens with zero attached hydrogens (tertiary/aromatic N) is 1. The molecule has 2 rings (SSSR count). The van der Waals surface area contributed by atoms with Gasteiger partial charge in [0.15, 0.2) is 0 Å². The Labute approximate surface area is 130 Å². The van der Waals surface area contributed by atoms with Gasteiger partial charge in [0.25, 0.3) is 5.91 Å². The Morgan fingerprint density at radius 2 is 1.91 bits per heavy atom. The Bertz CT molecular complexity index is 680. The zero-order chi connectivity index (χ0) is 16.5. The van der Waals surface area contributed by atoms with Crippen molar-refractivity contribution < 1.29 is 18.0 Å². The summed E-state index contributed by atoms with van der Waals surface area (Å²) in [4.78, 5) is 23.9. The van der Waals surface area contributed by atoms with Crippen LogP contribution >= 0.6 is 0 Å². The van der Waals surface area contributed by atoms with E-state index in [2.05, 4.69) is 5.32 Å². The molecule has 0 aromatic heterocycles. The third-order valence-electron chi connectivity index (χ3n) is 3.40. The van der Waals surface area contributed by atoms with Crippen molar-refractivity contribution >= 4 is 27.5 Å². The van der Waals surface area contributed by atoms with Crippen LogP contribution in [-0.4, -0.2) is 32.5 Å². The lowest BCUT2D eigenvalue weighted by Gasteiger charge is -2.15. The minimum Gasteiger partial charge on any atom is -0.352 e. The molecule has 0 spiro atoms. The van der Waals surface area contributed by atoms with Gasteiger partial charge in [0, 0.05) is 12.1 Å². The predicted molar refractivity (Wildman–Crippen MR) is 84.1 cm³/mol. The first kappa shape index (κ1) is 16.5. The van der Waals surface area contributed by atoms with Gasteiger partial charge in [-0.2, -0.15) is 0 Å². The van der Waals surface area contributed by atoms with Gasteiger partial charge in [-0.05, 0) is 30.2 Å². The van der Waals surface area contributed by atoms with Gasteiger partial charge in [-0.25, -0.2) is 12.7 Å². The van der Waals surface area contributed by atoms with Gasteiger partial charge in [0.1, 0.15) is 0 Å². The Kier molecular flexibility index (Phi) is 4.55. The molecule has 7 heteroatoms. The molecule has 22 heavy (non-hydrogen) atoms. The highest BCUT2D eigenvalue weighted by Gasteiger charge is 2.41. The largest absolute Gasteiger partial charge is 0.352 e. The summed E-state index contributed by atoms with van der Waals surface area (Å²) in [5.74, 6) is -1.03. The average molecular weight is 324 g/mol. The quantitative estimate of drug-likeness (QED) is 0.907. The van der Waals surface area contributed by atoms with Gasteiger partial charge in [-0.15, -0.1) is 0 Å². The Balaban J connectivity index is 2.19. The topological polar surface area (TPSA) is 83.6 Å². The molecule has 1 heterocycles. The van der Waals surface area contributed by atoms with Crippen molar-refractivity contribution in [3.8, 4) is 0 Å². The Morgan fingerprint density at radius 3 is 2.36 bits per heavy atom. The van der Waals surface area contributed by atoms with E-state index in [0.717, 1.165) is 4.31 Å². The summed E-state index contributed by atoms with van der Waals surface area (Å²) in [6.45, 7) is 6.15. The summed E-state index contributed by atoms with van der Waals surface area (Å²) in [7, 11) is -3.61. The number of anilines is 1. The monoisotopic (exact) mass is 324 g/mol. The van der Waals surface area contributed by atoms with E-state index >= 15 is 0 Å². The maximum atomic E-state index is 12.0. The number of carbonyl (C=O) groups excluding carboxylic acids is 2. The molecule has 2 amide bonds. The molecule has 6 nitrogen and oxygen atoms in total. The van der Waals surface area contributed by atoms with E-state index in [1.54, 1.807) is 6.92 Å². The normalized spacial score (nSPS) is 20.5. The number of amides is 2. The van der Waals surface area contributed by atoms with Gasteiger partial charge in [0.05, 0.1) is 17.4 Å². The first-order valence-electron chi connectivity index (χ1n) is 7.17. The van der Waals surface area contributed by atoms with Gasteiger partial charge < -0.3 is 5.32 Å². The zero-order valence-electron chi connectivity index (χ0n) is 12.9. The number of hydrogen-bond donors (Lipinski definition) is 1. The van der Waals surface area contributed by atoms with E-state index in [-0.39, 0.29) is 17.3 Å². The van der Waals surface area contributed by atoms with Gasteiger partial charge in [0.2, 0.25) is 15.9 Å². The number of hydrogen-bond acceptors (Lipinski definition) is 4. The lowest BCUT2D eigenvalue weighted by atomic mass is 10.1. The molecule has 0 radical (unpaired) electrons. The highest BCUT2D eigenvalue weighted by atomic mass is 32.2. The van der Waals surface area contributed by atoms with Gasteiger partial charge >= 0.3 is 0 Å². The molecular weight excluding hydrogens is 304 g/mol. The van der Waals surface area contributed by atoms with Crippen molar-refractivity contribution in [1.82, 2.24) is 5.32 Å². The highest BCUT2D eigenvalue weighted by Crippen LogP contribution is 2.28. The van der Waals surface area contributed by atoms with Crippen LogP contribution in [0.1, 0.15) is 31.1 Å². The van der Waals surface area contributed by atoms with Crippen molar-refractivity contribution in [1.29, 1.82) is 0 Å². The molecule has 0 saturated carbocycles. The Hall–Kier alpha value is -1.89.